The zero-order valence-corrected chi connectivity index (χ0v) is 13.3. The van der Waals surface area contributed by atoms with E-state index < -0.39 is 0 Å². The third-order valence-electron chi connectivity index (χ3n) is 3.99. The third-order valence-corrected chi connectivity index (χ3v) is 3.99. The fourth-order valence-corrected chi connectivity index (χ4v) is 2.79. The van der Waals surface area contributed by atoms with E-state index in [2.05, 4.69) is 20.4 Å². The summed E-state index contributed by atoms with van der Waals surface area (Å²) in [6.07, 6.45) is 3.32. The number of aromatic nitrogens is 4. The van der Waals surface area contributed by atoms with Gasteiger partial charge in [0, 0.05) is 35.9 Å². The number of nitrogens with zero attached hydrogens (tertiary/aromatic N) is 4. The van der Waals surface area contributed by atoms with Gasteiger partial charge in [0.2, 0.25) is 0 Å². The maximum absolute atomic E-state index is 12.5. The number of aryl methyl sites for hydroxylation is 2. The van der Waals surface area contributed by atoms with Crippen LogP contribution in [0.2, 0.25) is 0 Å². The Hall–Kier alpha value is -3.28. The molecule has 6 heteroatoms. The molecule has 0 aliphatic heterocycles. The summed E-state index contributed by atoms with van der Waals surface area (Å²) >= 11 is 0. The second-order valence-corrected chi connectivity index (χ2v) is 5.67. The van der Waals surface area contributed by atoms with Crippen molar-refractivity contribution < 1.29 is 4.79 Å². The van der Waals surface area contributed by atoms with Crippen molar-refractivity contribution in [2.75, 3.05) is 5.32 Å². The first kappa shape index (κ1) is 14.3. The first-order valence-corrected chi connectivity index (χ1v) is 7.57. The predicted molar refractivity (Wildman–Crippen MR) is 92.9 cm³/mol. The first-order valence-electron chi connectivity index (χ1n) is 7.57. The van der Waals surface area contributed by atoms with Crippen LogP contribution in [-0.4, -0.2) is 25.7 Å². The molecule has 4 aromatic rings. The molecule has 0 fully saturated rings. The van der Waals surface area contributed by atoms with Crippen molar-refractivity contribution in [2.45, 2.75) is 6.92 Å². The number of pyridine rings is 2. The minimum atomic E-state index is -0.198. The Morgan fingerprint density at radius 2 is 2.04 bits per heavy atom. The molecule has 24 heavy (non-hydrogen) atoms. The number of anilines is 1. The molecule has 1 aromatic carbocycles. The van der Waals surface area contributed by atoms with Gasteiger partial charge in [-0.2, -0.15) is 5.10 Å². The monoisotopic (exact) mass is 317 g/mol. The molecule has 6 nitrogen and oxygen atoms in total. The third kappa shape index (κ3) is 2.38. The van der Waals surface area contributed by atoms with E-state index in [0.29, 0.717) is 5.56 Å². The van der Waals surface area contributed by atoms with Gasteiger partial charge in [-0.25, -0.2) is 4.98 Å². The van der Waals surface area contributed by atoms with Gasteiger partial charge >= 0.3 is 0 Å². The fourth-order valence-electron chi connectivity index (χ4n) is 2.79. The molecule has 118 valence electrons. The molecule has 1 amide bonds. The van der Waals surface area contributed by atoms with Crippen molar-refractivity contribution in [3.63, 3.8) is 0 Å². The summed E-state index contributed by atoms with van der Waals surface area (Å²) in [5, 5.41) is 9.09. The second-order valence-electron chi connectivity index (χ2n) is 5.67. The van der Waals surface area contributed by atoms with Gasteiger partial charge in [-0.1, -0.05) is 6.07 Å². The standard InChI is InChI=1S/C18H15N5O/c1-11-15-9-13(10-20-17(15)23(2)22-11)18(24)21-14-5-6-16-12(8-14)4-3-7-19-16/h3-10H,1-2H3,(H,21,24). The number of hydrogen-bond donors (Lipinski definition) is 1. The summed E-state index contributed by atoms with van der Waals surface area (Å²) in [4.78, 5) is 21.1. The van der Waals surface area contributed by atoms with Crippen LogP contribution in [0, 0.1) is 6.92 Å². The molecule has 3 aromatic heterocycles. The first-order chi connectivity index (χ1) is 11.6. The summed E-state index contributed by atoms with van der Waals surface area (Å²) in [6.45, 7) is 1.90. The van der Waals surface area contributed by atoms with E-state index in [1.54, 1.807) is 17.1 Å². The van der Waals surface area contributed by atoms with Crippen LogP contribution in [0.15, 0.2) is 48.8 Å². The van der Waals surface area contributed by atoms with Gasteiger partial charge in [0.1, 0.15) is 0 Å². The number of amides is 1. The molecule has 4 rings (SSSR count). The number of hydrogen-bond acceptors (Lipinski definition) is 4. The summed E-state index contributed by atoms with van der Waals surface area (Å²) in [5.41, 5.74) is 3.74. The topological polar surface area (TPSA) is 72.7 Å². The SMILES string of the molecule is Cc1nn(C)c2ncc(C(=O)Nc3ccc4ncccc4c3)cc12. The molecule has 0 saturated heterocycles. The molecular weight excluding hydrogens is 302 g/mol. The van der Waals surface area contributed by atoms with Gasteiger partial charge in [-0.05, 0) is 37.3 Å². The van der Waals surface area contributed by atoms with E-state index in [-0.39, 0.29) is 5.91 Å². The van der Waals surface area contributed by atoms with Crippen molar-refractivity contribution >= 4 is 33.5 Å². The molecule has 0 unspecified atom stereocenters. The number of carbonyl (C=O) groups is 1. The molecule has 0 saturated carbocycles. The van der Waals surface area contributed by atoms with E-state index in [9.17, 15) is 4.79 Å². The Kier molecular flexibility index (Phi) is 3.23. The van der Waals surface area contributed by atoms with Gasteiger partial charge in [-0.15, -0.1) is 0 Å². The number of nitrogens with one attached hydrogen (secondary N) is 1. The predicted octanol–water partition coefficient (Wildman–Crippen LogP) is 3.08. The minimum Gasteiger partial charge on any atom is -0.322 e. The van der Waals surface area contributed by atoms with Crippen molar-refractivity contribution in [2.24, 2.45) is 7.05 Å². The number of rotatable bonds is 2. The van der Waals surface area contributed by atoms with Crippen LogP contribution < -0.4 is 5.32 Å². The largest absolute Gasteiger partial charge is 0.322 e. The van der Waals surface area contributed by atoms with Gasteiger partial charge < -0.3 is 5.32 Å². The smallest absolute Gasteiger partial charge is 0.257 e. The highest BCUT2D eigenvalue weighted by Gasteiger charge is 2.12. The quantitative estimate of drug-likeness (QED) is 0.616. The van der Waals surface area contributed by atoms with Crippen LogP contribution >= 0.6 is 0 Å². The van der Waals surface area contributed by atoms with Crippen LogP contribution in [-0.2, 0) is 7.05 Å². The van der Waals surface area contributed by atoms with Crippen molar-refractivity contribution in [3.8, 4) is 0 Å². The van der Waals surface area contributed by atoms with E-state index in [1.165, 1.54) is 0 Å². The molecule has 0 aliphatic carbocycles. The Morgan fingerprint density at radius 1 is 1.17 bits per heavy atom. The van der Waals surface area contributed by atoms with Crippen LogP contribution in [0.1, 0.15) is 16.1 Å². The molecule has 0 radical (unpaired) electrons. The molecule has 0 spiro atoms. The van der Waals surface area contributed by atoms with Gasteiger partial charge in [0.15, 0.2) is 5.65 Å². The lowest BCUT2D eigenvalue weighted by Crippen LogP contribution is -2.12. The summed E-state index contributed by atoms with van der Waals surface area (Å²) in [5.74, 6) is -0.198. The zero-order chi connectivity index (χ0) is 16.7. The highest BCUT2D eigenvalue weighted by Crippen LogP contribution is 2.20. The molecule has 0 bridgehead atoms. The average Bonchev–Trinajstić information content (AvgIpc) is 2.88. The molecule has 3 heterocycles. The normalized spacial score (nSPS) is 11.1. The van der Waals surface area contributed by atoms with Crippen molar-refractivity contribution in [3.05, 3.63) is 60.0 Å². The molecular formula is C18H15N5O. The molecule has 1 N–H and O–H groups in total. The maximum atomic E-state index is 12.5. The highest BCUT2D eigenvalue weighted by molar-refractivity contribution is 6.06. The van der Waals surface area contributed by atoms with E-state index >= 15 is 0 Å². The molecule has 0 atom stereocenters. The van der Waals surface area contributed by atoms with Crippen molar-refractivity contribution in [1.29, 1.82) is 0 Å². The van der Waals surface area contributed by atoms with Crippen LogP contribution in [0.5, 0.6) is 0 Å². The van der Waals surface area contributed by atoms with Gasteiger partial charge in [0.05, 0.1) is 16.8 Å². The van der Waals surface area contributed by atoms with E-state index in [1.807, 2.05) is 50.4 Å². The Balaban J connectivity index is 1.66. The highest BCUT2D eigenvalue weighted by atomic mass is 16.1. The lowest BCUT2D eigenvalue weighted by atomic mass is 10.1. The lowest BCUT2D eigenvalue weighted by molar-refractivity contribution is 0.102. The minimum absolute atomic E-state index is 0.198. The van der Waals surface area contributed by atoms with E-state index in [4.69, 9.17) is 0 Å². The summed E-state index contributed by atoms with van der Waals surface area (Å²) < 4.78 is 1.71. The van der Waals surface area contributed by atoms with Gasteiger partial charge in [-0.3, -0.25) is 14.5 Å². The number of fused-ring (bicyclic) bond motifs is 2. The maximum Gasteiger partial charge on any atom is 0.257 e. The Labute approximate surface area is 138 Å². The average molecular weight is 317 g/mol. The second kappa shape index (κ2) is 5.42. The Bertz CT molecular complexity index is 1080. The van der Waals surface area contributed by atoms with E-state index in [0.717, 1.165) is 33.3 Å². The van der Waals surface area contributed by atoms with Crippen molar-refractivity contribution in [1.82, 2.24) is 19.7 Å². The molecule has 0 aliphatic rings. The van der Waals surface area contributed by atoms with Crippen LogP contribution in [0.3, 0.4) is 0 Å². The number of benzene rings is 1. The zero-order valence-electron chi connectivity index (χ0n) is 13.3. The number of carbonyl (C=O) groups excluding carboxylic acids is 1. The van der Waals surface area contributed by atoms with Crippen LogP contribution in [0.25, 0.3) is 21.9 Å². The summed E-state index contributed by atoms with van der Waals surface area (Å²) in [7, 11) is 1.84. The Morgan fingerprint density at radius 3 is 2.92 bits per heavy atom. The lowest BCUT2D eigenvalue weighted by Gasteiger charge is -2.06. The fraction of sp³-hybridized carbons (Fsp3) is 0.111. The summed E-state index contributed by atoms with van der Waals surface area (Å²) in [6, 6.07) is 11.3. The van der Waals surface area contributed by atoms with Gasteiger partial charge in [0.25, 0.3) is 5.91 Å². The van der Waals surface area contributed by atoms with Crippen LogP contribution in [0.4, 0.5) is 5.69 Å².